The van der Waals surface area contributed by atoms with Crippen molar-refractivity contribution in [3.63, 3.8) is 0 Å². The quantitative estimate of drug-likeness (QED) is 0.747. The molecular formula is C17H25N3O2. The Hall–Kier alpha value is -1.88. The van der Waals surface area contributed by atoms with Gasteiger partial charge in [-0.15, -0.1) is 0 Å². The molecule has 1 fully saturated rings. The van der Waals surface area contributed by atoms with Crippen LogP contribution in [0.15, 0.2) is 24.3 Å². The van der Waals surface area contributed by atoms with Gasteiger partial charge in [-0.05, 0) is 37.0 Å². The summed E-state index contributed by atoms with van der Waals surface area (Å²) in [5.74, 6) is 0.0836. The molecule has 22 heavy (non-hydrogen) atoms. The van der Waals surface area contributed by atoms with Gasteiger partial charge in [0.25, 0.3) is 5.91 Å². The Bertz CT molecular complexity index is 516. The minimum Gasteiger partial charge on any atom is -0.356 e. The van der Waals surface area contributed by atoms with Crippen LogP contribution < -0.4 is 16.0 Å². The third-order valence-electron chi connectivity index (χ3n) is 3.80. The molecular weight excluding hydrogens is 278 g/mol. The van der Waals surface area contributed by atoms with Crippen molar-refractivity contribution in [3.8, 4) is 0 Å². The SMILES string of the molecule is CCCNC(=O)c1cccc(CNC2CCCNC(=O)C2)c1. The van der Waals surface area contributed by atoms with E-state index in [1.165, 1.54) is 0 Å². The molecule has 0 aromatic heterocycles. The summed E-state index contributed by atoms with van der Waals surface area (Å²) in [5.41, 5.74) is 1.75. The first-order chi connectivity index (χ1) is 10.7. The van der Waals surface area contributed by atoms with Crippen LogP contribution in [0.4, 0.5) is 0 Å². The van der Waals surface area contributed by atoms with Crippen LogP contribution in [0.1, 0.15) is 48.5 Å². The van der Waals surface area contributed by atoms with Crippen LogP contribution in [-0.2, 0) is 11.3 Å². The lowest BCUT2D eigenvalue weighted by molar-refractivity contribution is -0.121. The molecule has 3 N–H and O–H groups in total. The van der Waals surface area contributed by atoms with Crippen molar-refractivity contribution in [2.24, 2.45) is 0 Å². The minimum absolute atomic E-state index is 0.0301. The fraction of sp³-hybridized carbons (Fsp3) is 0.529. The highest BCUT2D eigenvalue weighted by Crippen LogP contribution is 2.09. The zero-order valence-corrected chi connectivity index (χ0v) is 13.2. The standard InChI is InChI=1S/C17H25N3O2/c1-2-8-19-17(22)14-6-3-5-13(10-14)12-20-15-7-4-9-18-16(21)11-15/h3,5-6,10,15,20H,2,4,7-9,11-12H2,1H3,(H,18,21)(H,19,22). The summed E-state index contributed by atoms with van der Waals surface area (Å²) >= 11 is 0. The molecule has 120 valence electrons. The van der Waals surface area contributed by atoms with Crippen LogP contribution in [0.25, 0.3) is 0 Å². The number of hydrogen-bond donors (Lipinski definition) is 3. The predicted molar refractivity (Wildman–Crippen MR) is 86.6 cm³/mol. The molecule has 1 aliphatic heterocycles. The number of nitrogens with one attached hydrogen (secondary N) is 3. The zero-order valence-electron chi connectivity index (χ0n) is 13.2. The van der Waals surface area contributed by atoms with E-state index in [4.69, 9.17) is 0 Å². The number of amides is 2. The topological polar surface area (TPSA) is 70.2 Å². The third kappa shape index (κ3) is 5.15. The summed E-state index contributed by atoms with van der Waals surface area (Å²) < 4.78 is 0. The van der Waals surface area contributed by atoms with Crippen LogP contribution in [0.5, 0.6) is 0 Å². The Balaban J connectivity index is 1.89. The van der Waals surface area contributed by atoms with Gasteiger partial charge in [-0.1, -0.05) is 19.1 Å². The monoisotopic (exact) mass is 303 g/mol. The van der Waals surface area contributed by atoms with Crippen molar-refractivity contribution in [3.05, 3.63) is 35.4 Å². The highest BCUT2D eigenvalue weighted by Gasteiger charge is 2.16. The van der Waals surface area contributed by atoms with Gasteiger partial charge in [0.05, 0.1) is 0 Å². The van der Waals surface area contributed by atoms with Crippen molar-refractivity contribution >= 4 is 11.8 Å². The molecule has 1 aromatic rings. The predicted octanol–water partition coefficient (Wildman–Crippen LogP) is 1.58. The first kappa shape index (κ1) is 16.5. The summed E-state index contributed by atoms with van der Waals surface area (Å²) in [7, 11) is 0. The van der Waals surface area contributed by atoms with Crippen molar-refractivity contribution < 1.29 is 9.59 Å². The van der Waals surface area contributed by atoms with Crippen molar-refractivity contribution in [2.45, 2.75) is 45.2 Å². The van der Waals surface area contributed by atoms with E-state index in [1.807, 2.05) is 31.2 Å². The molecule has 5 nitrogen and oxygen atoms in total. The van der Waals surface area contributed by atoms with Gasteiger partial charge in [0.15, 0.2) is 0 Å². The number of hydrogen-bond acceptors (Lipinski definition) is 3. The Labute approximate surface area is 131 Å². The molecule has 2 amide bonds. The maximum atomic E-state index is 12.0. The highest BCUT2D eigenvalue weighted by atomic mass is 16.2. The first-order valence-corrected chi connectivity index (χ1v) is 8.06. The van der Waals surface area contributed by atoms with Crippen molar-refractivity contribution in [1.82, 2.24) is 16.0 Å². The molecule has 1 aromatic carbocycles. The molecule has 5 heteroatoms. The van der Waals surface area contributed by atoms with E-state index in [1.54, 1.807) is 0 Å². The highest BCUT2D eigenvalue weighted by molar-refractivity contribution is 5.94. The van der Waals surface area contributed by atoms with E-state index in [0.717, 1.165) is 31.4 Å². The van der Waals surface area contributed by atoms with Gasteiger partial charge < -0.3 is 16.0 Å². The molecule has 0 aliphatic carbocycles. The second-order valence-electron chi connectivity index (χ2n) is 5.73. The molecule has 0 spiro atoms. The van der Waals surface area contributed by atoms with E-state index < -0.39 is 0 Å². The molecule has 1 atom stereocenters. The molecule has 1 aliphatic rings. The fourth-order valence-corrected chi connectivity index (χ4v) is 2.57. The van der Waals surface area contributed by atoms with Crippen molar-refractivity contribution in [2.75, 3.05) is 13.1 Å². The average Bonchev–Trinajstić information content (AvgIpc) is 2.75. The van der Waals surface area contributed by atoms with Crippen LogP contribution >= 0.6 is 0 Å². The molecule has 0 saturated carbocycles. The Morgan fingerprint density at radius 2 is 2.27 bits per heavy atom. The first-order valence-electron chi connectivity index (χ1n) is 8.06. The van der Waals surface area contributed by atoms with Crippen LogP contribution in [-0.4, -0.2) is 30.9 Å². The maximum absolute atomic E-state index is 12.0. The second-order valence-corrected chi connectivity index (χ2v) is 5.73. The van der Waals surface area contributed by atoms with Gasteiger partial charge in [0, 0.05) is 37.7 Å². The van der Waals surface area contributed by atoms with Gasteiger partial charge in [0.2, 0.25) is 5.91 Å². The van der Waals surface area contributed by atoms with E-state index in [-0.39, 0.29) is 17.9 Å². The normalized spacial score (nSPS) is 18.4. The van der Waals surface area contributed by atoms with E-state index in [9.17, 15) is 9.59 Å². The number of rotatable bonds is 6. The largest absolute Gasteiger partial charge is 0.356 e. The fourth-order valence-electron chi connectivity index (χ4n) is 2.57. The lowest BCUT2D eigenvalue weighted by Gasteiger charge is -2.15. The van der Waals surface area contributed by atoms with Gasteiger partial charge in [-0.2, -0.15) is 0 Å². The molecule has 1 unspecified atom stereocenters. The molecule has 0 radical (unpaired) electrons. The van der Waals surface area contributed by atoms with Gasteiger partial charge in [0.1, 0.15) is 0 Å². The van der Waals surface area contributed by atoms with Gasteiger partial charge in [-0.3, -0.25) is 9.59 Å². The van der Waals surface area contributed by atoms with Gasteiger partial charge >= 0.3 is 0 Å². The summed E-state index contributed by atoms with van der Waals surface area (Å²) in [6.45, 7) is 4.17. The minimum atomic E-state index is -0.0301. The zero-order chi connectivity index (χ0) is 15.8. The average molecular weight is 303 g/mol. The molecule has 1 heterocycles. The van der Waals surface area contributed by atoms with E-state index in [2.05, 4.69) is 16.0 Å². The number of benzene rings is 1. The van der Waals surface area contributed by atoms with E-state index in [0.29, 0.717) is 25.1 Å². The van der Waals surface area contributed by atoms with Crippen molar-refractivity contribution in [1.29, 1.82) is 0 Å². The Morgan fingerprint density at radius 3 is 3.09 bits per heavy atom. The van der Waals surface area contributed by atoms with E-state index >= 15 is 0 Å². The summed E-state index contributed by atoms with van der Waals surface area (Å²) in [5, 5.41) is 9.19. The maximum Gasteiger partial charge on any atom is 0.251 e. The summed E-state index contributed by atoms with van der Waals surface area (Å²) in [6.07, 6.45) is 3.45. The molecule has 1 saturated heterocycles. The lowest BCUT2D eigenvalue weighted by atomic mass is 10.1. The summed E-state index contributed by atoms with van der Waals surface area (Å²) in [4.78, 5) is 23.5. The van der Waals surface area contributed by atoms with Crippen LogP contribution in [0, 0.1) is 0 Å². The van der Waals surface area contributed by atoms with Crippen LogP contribution in [0.2, 0.25) is 0 Å². The molecule has 0 bridgehead atoms. The lowest BCUT2D eigenvalue weighted by Crippen LogP contribution is -2.32. The number of carbonyl (C=O) groups excluding carboxylic acids is 2. The van der Waals surface area contributed by atoms with Crippen LogP contribution in [0.3, 0.4) is 0 Å². The second kappa shape index (κ2) is 8.54. The summed E-state index contributed by atoms with van der Waals surface area (Å²) in [6, 6.07) is 7.85. The third-order valence-corrected chi connectivity index (χ3v) is 3.80. The van der Waals surface area contributed by atoms with Gasteiger partial charge in [-0.25, -0.2) is 0 Å². The Morgan fingerprint density at radius 1 is 1.41 bits per heavy atom. The number of carbonyl (C=O) groups is 2. The Kier molecular flexibility index (Phi) is 6.40. The smallest absolute Gasteiger partial charge is 0.251 e. The molecule has 2 rings (SSSR count).